The number of sulfone groups is 1. The molecule has 7 nitrogen and oxygen atoms in total. The number of rotatable bonds is 6. The second-order valence-electron chi connectivity index (χ2n) is 4.33. The molecule has 0 atom stereocenters. The lowest BCUT2D eigenvalue weighted by Gasteiger charge is -2.06. The molecule has 110 valence electrons. The summed E-state index contributed by atoms with van der Waals surface area (Å²) in [6, 6.07) is 0. The number of aryl methyl sites for hydroxylation is 2. The van der Waals surface area contributed by atoms with Crippen LogP contribution in [0, 0.1) is 0 Å². The first-order chi connectivity index (χ1) is 8.60. The molecule has 0 unspecified atom stereocenters. The number of primary sulfonamides is 1. The fourth-order valence-corrected chi connectivity index (χ4v) is 3.47. The summed E-state index contributed by atoms with van der Waals surface area (Å²) in [7, 11) is -6.99. The van der Waals surface area contributed by atoms with Crippen LogP contribution in [0.2, 0.25) is 0 Å². The van der Waals surface area contributed by atoms with Crippen LogP contribution in [-0.4, -0.2) is 38.6 Å². The van der Waals surface area contributed by atoms with E-state index < -0.39 is 19.9 Å². The molecular weight excluding hydrogens is 290 g/mol. The third-order valence-corrected chi connectivity index (χ3v) is 4.67. The van der Waals surface area contributed by atoms with Gasteiger partial charge in [-0.3, -0.25) is 4.68 Å². The van der Waals surface area contributed by atoms with E-state index in [4.69, 9.17) is 5.14 Å². The highest BCUT2D eigenvalue weighted by Crippen LogP contribution is 2.20. The molecule has 0 bridgehead atoms. The minimum atomic E-state index is -3.85. The second kappa shape index (κ2) is 5.59. The number of aromatic nitrogens is 2. The van der Waals surface area contributed by atoms with Gasteiger partial charge in [-0.2, -0.15) is 5.10 Å². The summed E-state index contributed by atoms with van der Waals surface area (Å²) in [5.74, 6) is -0.0884. The van der Waals surface area contributed by atoms with Crippen molar-refractivity contribution in [2.24, 2.45) is 5.14 Å². The summed E-state index contributed by atoms with van der Waals surface area (Å²) in [5.41, 5.74) is 0.843. The minimum Gasteiger partial charge on any atom is -0.267 e. The Balaban J connectivity index is 3.32. The van der Waals surface area contributed by atoms with Crippen LogP contribution in [0.1, 0.15) is 25.2 Å². The normalized spacial score (nSPS) is 12.8. The summed E-state index contributed by atoms with van der Waals surface area (Å²) >= 11 is 0. The van der Waals surface area contributed by atoms with E-state index in [1.165, 1.54) is 4.68 Å². The smallest absolute Gasteiger partial charge is 0.241 e. The van der Waals surface area contributed by atoms with Gasteiger partial charge in [-0.15, -0.1) is 0 Å². The predicted molar refractivity (Wildman–Crippen MR) is 72.1 cm³/mol. The van der Waals surface area contributed by atoms with Gasteiger partial charge >= 0.3 is 0 Å². The van der Waals surface area contributed by atoms with E-state index in [9.17, 15) is 16.8 Å². The van der Waals surface area contributed by atoms with Crippen molar-refractivity contribution in [2.45, 2.75) is 38.1 Å². The van der Waals surface area contributed by atoms with Crippen molar-refractivity contribution >= 4 is 19.9 Å². The van der Waals surface area contributed by atoms with Gasteiger partial charge in [0.1, 0.15) is 14.7 Å². The van der Waals surface area contributed by atoms with Crippen molar-refractivity contribution in [1.29, 1.82) is 0 Å². The highest BCUT2D eigenvalue weighted by atomic mass is 32.2. The molecule has 1 rings (SSSR count). The Morgan fingerprint density at radius 2 is 1.74 bits per heavy atom. The summed E-state index contributed by atoms with van der Waals surface area (Å²) in [6.07, 6.45) is 1.97. The highest BCUT2D eigenvalue weighted by Gasteiger charge is 2.24. The molecule has 0 amide bonds. The standard InChI is InChI=1S/C10H19N3O4S2/c1-4-8-10(19(11,16)17)9(5-2)13(12-8)6-7-18(3,14)15/h4-7H2,1-3H3,(H2,11,16,17). The van der Waals surface area contributed by atoms with E-state index in [0.29, 0.717) is 24.2 Å². The molecule has 0 aromatic carbocycles. The number of nitrogens with zero attached hydrogens (tertiary/aromatic N) is 2. The lowest BCUT2D eigenvalue weighted by atomic mass is 10.2. The zero-order valence-electron chi connectivity index (χ0n) is 11.2. The van der Waals surface area contributed by atoms with Gasteiger partial charge in [0.2, 0.25) is 10.0 Å². The molecule has 9 heteroatoms. The number of hydrogen-bond donors (Lipinski definition) is 1. The quantitative estimate of drug-likeness (QED) is 0.775. The van der Waals surface area contributed by atoms with Crippen molar-refractivity contribution in [1.82, 2.24) is 9.78 Å². The van der Waals surface area contributed by atoms with Crippen LogP contribution in [-0.2, 0) is 39.2 Å². The van der Waals surface area contributed by atoms with Crippen molar-refractivity contribution in [3.63, 3.8) is 0 Å². The van der Waals surface area contributed by atoms with Crippen LogP contribution in [0.15, 0.2) is 4.90 Å². The van der Waals surface area contributed by atoms with E-state index in [2.05, 4.69) is 5.10 Å². The SMILES string of the molecule is CCc1nn(CCS(C)(=O)=O)c(CC)c1S(N)(=O)=O. The third kappa shape index (κ3) is 4.02. The molecule has 0 aliphatic rings. The topological polar surface area (TPSA) is 112 Å². The van der Waals surface area contributed by atoms with Crippen LogP contribution >= 0.6 is 0 Å². The highest BCUT2D eigenvalue weighted by molar-refractivity contribution is 7.90. The van der Waals surface area contributed by atoms with Crippen LogP contribution in [0.3, 0.4) is 0 Å². The molecule has 0 aliphatic carbocycles. The fourth-order valence-electron chi connectivity index (χ4n) is 1.88. The Morgan fingerprint density at radius 1 is 1.16 bits per heavy atom. The number of nitrogens with two attached hydrogens (primary N) is 1. The summed E-state index contributed by atoms with van der Waals surface area (Å²) in [4.78, 5) is 0.0333. The largest absolute Gasteiger partial charge is 0.267 e. The Bertz CT molecular complexity index is 659. The monoisotopic (exact) mass is 309 g/mol. The maximum Gasteiger partial charge on any atom is 0.241 e. The van der Waals surface area contributed by atoms with Crippen LogP contribution in [0.25, 0.3) is 0 Å². The van der Waals surface area contributed by atoms with Gasteiger partial charge in [-0.05, 0) is 12.8 Å². The van der Waals surface area contributed by atoms with Crippen LogP contribution in [0.5, 0.6) is 0 Å². The predicted octanol–water partition coefficient (Wildman–Crippen LogP) is -0.300. The molecule has 0 saturated carbocycles. The number of hydrogen-bond acceptors (Lipinski definition) is 5. The maximum atomic E-state index is 11.6. The van der Waals surface area contributed by atoms with E-state index in [1.807, 2.05) is 0 Å². The first kappa shape index (κ1) is 16.1. The fraction of sp³-hybridized carbons (Fsp3) is 0.700. The molecule has 19 heavy (non-hydrogen) atoms. The first-order valence-electron chi connectivity index (χ1n) is 5.89. The summed E-state index contributed by atoms with van der Waals surface area (Å²) < 4.78 is 47.0. The van der Waals surface area contributed by atoms with E-state index in [0.717, 1.165) is 6.26 Å². The van der Waals surface area contributed by atoms with Crippen LogP contribution < -0.4 is 5.14 Å². The van der Waals surface area contributed by atoms with Crippen molar-refractivity contribution in [3.05, 3.63) is 11.4 Å². The molecule has 0 fully saturated rings. The van der Waals surface area contributed by atoms with Gasteiger partial charge in [0.05, 0.1) is 23.7 Å². The van der Waals surface area contributed by atoms with E-state index in [1.54, 1.807) is 13.8 Å². The van der Waals surface area contributed by atoms with Crippen molar-refractivity contribution < 1.29 is 16.8 Å². The van der Waals surface area contributed by atoms with Gasteiger partial charge in [0, 0.05) is 6.26 Å². The van der Waals surface area contributed by atoms with Crippen molar-refractivity contribution in [2.75, 3.05) is 12.0 Å². The van der Waals surface area contributed by atoms with Crippen LogP contribution in [0.4, 0.5) is 0 Å². The molecule has 0 saturated heterocycles. The van der Waals surface area contributed by atoms with E-state index >= 15 is 0 Å². The summed E-state index contributed by atoms with van der Waals surface area (Å²) in [6.45, 7) is 3.68. The van der Waals surface area contributed by atoms with Gasteiger partial charge in [-0.25, -0.2) is 22.0 Å². The molecule has 2 N–H and O–H groups in total. The molecule has 0 spiro atoms. The Morgan fingerprint density at radius 3 is 2.11 bits per heavy atom. The maximum absolute atomic E-state index is 11.6. The molecule has 0 radical (unpaired) electrons. The Kier molecular flexibility index (Phi) is 4.75. The second-order valence-corrected chi connectivity index (χ2v) is 8.09. The lowest BCUT2D eigenvalue weighted by molar-refractivity contribution is 0.575. The van der Waals surface area contributed by atoms with Crippen molar-refractivity contribution in [3.8, 4) is 0 Å². The molecule has 1 aromatic rings. The van der Waals surface area contributed by atoms with Gasteiger partial charge in [0.25, 0.3) is 0 Å². The lowest BCUT2D eigenvalue weighted by Crippen LogP contribution is -2.17. The number of sulfonamides is 1. The third-order valence-electron chi connectivity index (χ3n) is 2.71. The molecular formula is C10H19N3O4S2. The molecule has 0 aliphatic heterocycles. The Labute approximate surface area is 113 Å². The summed E-state index contributed by atoms with van der Waals surface area (Å²) in [5, 5.41) is 9.37. The zero-order chi connectivity index (χ0) is 14.8. The van der Waals surface area contributed by atoms with Gasteiger partial charge in [-0.1, -0.05) is 13.8 Å². The van der Waals surface area contributed by atoms with Gasteiger partial charge in [0.15, 0.2) is 0 Å². The van der Waals surface area contributed by atoms with E-state index in [-0.39, 0.29) is 17.2 Å². The average molecular weight is 309 g/mol. The minimum absolute atomic E-state index is 0.0333. The molecule has 1 heterocycles. The first-order valence-corrected chi connectivity index (χ1v) is 9.50. The van der Waals surface area contributed by atoms with Gasteiger partial charge < -0.3 is 0 Å². The molecule has 1 aromatic heterocycles. The zero-order valence-corrected chi connectivity index (χ0v) is 12.9. The average Bonchev–Trinajstić information content (AvgIpc) is 2.62. The Hall–Kier alpha value is -0.930.